The molecule has 1 amide bonds. The Morgan fingerprint density at radius 1 is 0.321 bits per heavy atom. The lowest BCUT2D eigenvalue weighted by molar-refractivity contribution is -0.399. The highest BCUT2D eigenvalue weighted by molar-refractivity contribution is 6.40. The summed E-state index contributed by atoms with van der Waals surface area (Å²) in [5.41, 5.74) is -0.262. The smallest absolute Gasteiger partial charge is 0.288 e. The van der Waals surface area contributed by atoms with Gasteiger partial charge in [-0.15, -0.1) is 0 Å². The van der Waals surface area contributed by atoms with Gasteiger partial charge in [-0.25, -0.2) is 0 Å². The minimum atomic E-state index is -2.28. The number of ether oxygens (including phenoxy) is 17. The van der Waals surface area contributed by atoms with Crippen LogP contribution in [-0.4, -0.2) is 446 Å². The molecule has 0 spiro atoms. The molecule has 0 aromatic heterocycles. The Hall–Kier alpha value is -3.44. The normalized spacial score (nSPS) is 48.8. The summed E-state index contributed by atoms with van der Waals surface area (Å²) in [5, 5.41) is 266. The number of carbonyl (C=O) groups is 2. The number of Topliss-reactive ketones (excluding diaryl/α,β-unsaturated/α-hetero) is 1. The zero-order valence-corrected chi connectivity index (χ0v) is 56.8. The summed E-state index contributed by atoms with van der Waals surface area (Å²) >= 11 is 0. The summed E-state index contributed by atoms with van der Waals surface area (Å²) in [5.74, 6) is -1.12. The molecule has 44 heteroatoms. The van der Waals surface area contributed by atoms with Crippen molar-refractivity contribution < 1.29 is 213 Å². The van der Waals surface area contributed by atoms with Gasteiger partial charge in [-0.05, 0) is 24.1 Å². The third-order valence-corrected chi connectivity index (χ3v) is 20.5. The van der Waals surface area contributed by atoms with Crippen molar-refractivity contribution in [3.05, 3.63) is 29.8 Å². The average molecular weight is 1540 g/mol. The molecule has 0 radical (unpaired) electrons. The van der Waals surface area contributed by atoms with Gasteiger partial charge in [-0.2, -0.15) is 0 Å². The fraction of sp³-hybridized carbons (Fsp3) is 0.871. The van der Waals surface area contributed by atoms with E-state index in [1.807, 2.05) is 0 Å². The second-order valence-corrected chi connectivity index (χ2v) is 27.6. The molecular formula is C62H97NO43. The van der Waals surface area contributed by atoms with Gasteiger partial charge in [-0.3, -0.25) is 9.59 Å². The van der Waals surface area contributed by atoms with Crippen LogP contribution in [0.5, 0.6) is 5.75 Å². The van der Waals surface area contributed by atoms with Crippen LogP contribution in [0.2, 0.25) is 0 Å². The monoisotopic (exact) mass is 1540 g/mol. The first-order chi connectivity index (χ1) is 50.3. The number of benzene rings is 1. The maximum atomic E-state index is 12.3. The maximum absolute atomic E-state index is 12.3. The molecule has 9 saturated heterocycles. The molecule has 0 bridgehead atoms. The van der Waals surface area contributed by atoms with Crippen LogP contribution in [0.1, 0.15) is 19.4 Å². The third-order valence-electron chi connectivity index (χ3n) is 20.5. The van der Waals surface area contributed by atoms with Crippen LogP contribution >= 0.6 is 0 Å². The Balaban J connectivity index is 0.703. The average Bonchev–Trinajstić information content (AvgIpc) is 0.982. The number of amides is 1. The minimum absolute atomic E-state index is 0.123. The Morgan fingerprint density at radius 2 is 0.528 bits per heavy atom. The molecule has 41 atom stereocenters. The summed E-state index contributed by atoms with van der Waals surface area (Å²) < 4.78 is 96.4. The summed E-state index contributed by atoms with van der Waals surface area (Å²) in [4.78, 5) is 24.3. The first-order valence-corrected chi connectivity index (χ1v) is 34.1. The van der Waals surface area contributed by atoms with Crippen LogP contribution in [0.3, 0.4) is 0 Å². The Bertz CT molecular complexity index is 2920. The molecule has 41 unspecified atom stereocenters. The highest BCUT2D eigenvalue weighted by Crippen LogP contribution is 2.40. The molecule has 9 fully saturated rings. The maximum Gasteiger partial charge on any atom is 0.288 e. The number of ketones is 1. The van der Waals surface area contributed by atoms with Crippen molar-refractivity contribution in [2.24, 2.45) is 5.41 Å². The van der Waals surface area contributed by atoms with Crippen molar-refractivity contribution in [1.82, 2.24) is 5.32 Å². The number of carbonyl (C=O) groups excluding carboxylic acids is 2. The molecule has 1 aromatic carbocycles. The molecular weight excluding hydrogens is 1450 g/mol. The van der Waals surface area contributed by atoms with Crippen LogP contribution in [0, 0.1) is 5.41 Å². The molecule has 9 heterocycles. The van der Waals surface area contributed by atoms with E-state index in [9.17, 15) is 132 Å². The number of hydrogen-bond donors (Lipinski definition) is 25. The molecule has 10 rings (SSSR count). The molecule has 1 aromatic rings. The minimum Gasteiger partial charge on any atom is -0.462 e. The number of rotatable bonds is 27. The van der Waals surface area contributed by atoms with Crippen molar-refractivity contribution in [1.29, 1.82) is 0 Å². The predicted octanol–water partition coefficient (Wildman–Crippen LogP) is -16.1. The lowest BCUT2D eigenvalue weighted by atomic mass is 9.81. The van der Waals surface area contributed by atoms with E-state index in [0.29, 0.717) is 5.56 Å². The lowest BCUT2D eigenvalue weighted by Crippen LogP contribution is -2.68. The number of aliphatic hydroxyl groups excluding tert-OH is 24. The SMILES string of the molecule is COC1C(CO)OC(OC2C(CO)OC(OC3C(CO)OC(OC4C(CO)OC(OC5C(CO)OC(OC6C(CO)OC(OC7C(CO)OC(OC8C(CO)OC(Oc9ccc(CC%10NC(=O)C(=O)C%10(C)C)cc9)C(O)C8O)C(O)C7O)C(O)C6O)C(O)C5O)C(O)C4O)C(O)C3O)C(O)C2O)C(O)C1O. The summed E-state index contributed by atoms with van der Waals surface area (Å²) in [6.07, 6.45) is -77.0. The number of nitrogens with one attached hydrogen (secondary N) is 1. The van der Waals surface area contributed by atoms with Crippen LogP contribution in [0.4, 0.5) is 0 Å². The molecule has 106 heavy (non-hydrogen) atoms. The van der Waals surface area contributed by atoms with Crippen LogP contribution in [0.15, 0.2) is 24.3 Å². The van der Waals surface area contributed by atoms with Gasteiger partial charge >= 0.3 is 0 Å². The highest BCUT2D eigenvalue weighted by atomic mass is 16.8. The zero-order valence-electron chi connectivity index (χ0n) is 56.8. The molecule has 608 valence electrons. The third kappa shape index (κ3) is 17.2. The predicted molar refractivity (Wildman–Crippen MR) is 328 cm³/mol. The fourth-order valence-corrected chi connectivity index (χ4v) is 14.1. The second kappa shape index (κ2) is 36.1. The van der Waals surface area contributed by atoms with Crippen molar-refractivity contribution in [3.63, 3.8) is 0 Å². The first-order valence-electron chi connectivity index (χ1n) is 34.1. The van der Waals surface area contributed by atoms with Gasteiger partial charge in [0.05, 0.1) is 58.3 Å². The standard InChI is InChI=1S/C62H97NO43/c1-62(2)27(63-53(89)52(62)88)8-17-4-6-18(7-5-17)91-54-37(81)29(73)45(20(10-65)93-54)101-56-39(83)31(75)47(22(12-67)95-56)103-58-41(85)33(77)49(24(14-69)97-58)105-60-43(87)35(79)51(26(16-71)99-60)106-61-42(86)34(78)50(25(15-70)98-61)104-59-40(84)32(76)48(23(13-68)96-59)102-57-38(82)30(74)46(21(11-66)94-57)100-55-36(80)28(72)44(90-3)19(9-64)92-55/h4-7,19-51,54-61,64-87H,8-16H2,1-3H3,(H,63,89). The molecule has 9 aliphatic heterocycles. The topological polar surface area (TPSA) is 689 Å². The van der Waals surface area contributed by atoms with E-state index in [4.69, 9.17) is 80.5 Å². The van der Waals surface area contributed by atoms with Gasteiger partial charge in [0.15, 0.2) is 44.0 Å². The number of hydrogen-bond acceptors (Lipinski definition) is 43. The van der Waals surface area contributed by atoms with Gasteiger partial charge in [0.25, 0.3) is 5.91 Å². The van der Waals surface area contributed by atoms with Gasteiger partial charge in [0.1, 0.15) is 201 Å². The van der Waals surface area contributed by atoms with Crippen molar-refractivity contribution in [2.75, 3.05) is 60.0 Å². The van der Waals surface area contributed by atoms with Crippen molar-refractivity contribution in [3.8, 4) is 5.75 Å². The molecule has 0 saturated carbocycles. The van der Waals surface area contributed by atoms with E-state index >= 15 is 0 Å². The summed E-state index contributed by atoms with van der Waals surface area (Å²) in [6.45, 7) is -4.69. The van der Waals surface area contributed by atoms with Crippen LogP contribution < -0.4 is 10.1 Å². The summed E-state index contributed by atoms with van der Waals surface area (Å²) in [6, 6.07) is 5.75. The van der Waals surface area contributed by atoms with Gasteiger partial charge < -0.3 is 208 Å². The van der Waals surface area contributed by atoms with Crippen LogP contribution in [0.25, 0.3) is 0 Å². The highest BCUT2D eigenvalue weighted by Gasteiger charge is 2.60. The van der Waals surface area contributed by atoms with Gasteiger partial charge in [0, 0.05) is 13.2 Å². The number of aliphatic hydroxyl groups is 24. The number of methoxy groups -OCH3 is 1. The van der Waals surface area contributed by atoms with Crippen molar-refractivity contribution in [2.45, 2.75) is 272 Å². The van der Waals surface area contributed by atoms with Gasteiger partial charge in [-0.1, -0.05) is 26.0 Å². The second-order valence-electron chi connectivity index (χ2n) is 27.6. The van der Waals surface area contributed by atoms with Crippen molar-refractivity contribution >= 4 is 11.7 Å². The molecule has 25 N–H and O–H groups in total. The van der Waals surface area contributed by atoms with Gasteiger partial charge in [0.2, 0.25) is 12.1 Å². The fourth-order valence-electron chi connectivity index (χ4n) is 14.1. The first kappa shape index (κ1) is 85.0. The van der Waals surface area contributed by atoms with E-state index in [0.717, 1.165) is 0 Å². The molecule has 9 aliphatic rings. The zero-order chi connectivity index (χ0) is 77.4. The quantitative estimate of drug-likeness (QED) is 0.0364. The molecule has 44 nitrogen and oxygen atoms in total. The van der Waals surface area contributed by atoms with E-state index < -0.39 is 322 Å². The summed E-state index contributed by atoms with van der Waals surface area (Å²) in [7, 11) is 1.17. The molecule has 0 aliphatic carbocycles. The Labute approximate surface area is 601 Å². The largest absolute Gasteiger partial charge is 0.462 e. The van der Waals surface area contributed by atoms with E-state index in [-0.39, 0.29) is 12.2 Å². The Kier molecular flexibility index (Phi) is 29.0. The Morgan fingerprint density at radius 3 is 0.736 bits per heavy atom. The van der Waals surface area contributed by atoms with E-state index in [1.165, 1.54) is 19.2 Å². The van der Waals surface area contributed by atoms with E-state index in [1.54, 1.807) is 26.0 Å². The van der Waals surface area contributed by atoms with Crippen LogP contribution in [-0.2, 0) is 91.8 Å². The van der Waals surface area contributed by atoms with E-state index in [2.05, 4.69) is 5.32 Å². The lowest BCUT2D eigenvalue weighted by Gasteiger charge is -2.50.